The average molecular weight is 520 g/mol. The van der Waals surface area contributed by atoms with Gasteiger partial charge in [-0.15, -0.1) is 0 Å². The highest BCUT2D eigenvalue weighted by atomic mass is 16.5. The first kappa shape index (κ1) is 24.7. The minimum absolute atomic E-state index is 0.453. The first-order valence-electron chi connectivity index (χ1n) is 12.8. The number of nitrogens with two attached hydrogens (primary N) is 1. The van der Waals surface area contributed by atoms with Crippen molar-refractivity contribution in [1.82, 2.24) is 20.2 Å². The predicted molar refractivity (Wildman–Crippen MR) is 153 cm³/mol. The number of aromatic nitrogens is 4. The maximum Gasteiger partial charge on any atom is 0.153 e. The molecule has 8 heteroatoms. The molecule has 0 aliphatic carbocycles. The fourth-order valence-corrected chi connectivity index (χ4v) is 4.69. The second kappa shape index (κ2) is 11.0. The van der Waals surface area contributed by atoms with Crippen molar-refractivity contribution in [3.8, 4) is 28.1 Å². The lowest BCUT2D eigenvalue weighted by Crippen LogP contribution is -2.02. The molecule has 0 fully saturated rings. The molecule has 0 spiro atoms. The Hall–Kier alpha value is -4.66. The van der Waals surface area contributed by atoms with Crippen LogP contribution in [0.5, 0.6) is 5.75 Å². The highest BCUT2D eigenvalue weighted by molar-refractivity contribution is 5.99. The fraction of sp³-hybridized carbons (Fsp3) is 0.161. The van der Waals surface area contributed by atoms with Crippen molar-refractivity contribution in [3.05, 3.63) is 96.2 Å². The first-order valence-corrected chi connectivity index (χ1v) is 12.8. The number of benzene rings is 3. The van der Waals surface area contributed by atoms with Crippen LogP contribution in [0.4, 0.5) is 5.82 Å². The molecule has 4 N–H and O–H groups in total. The van der Waals surface area contributed by atoms with E-state index in [9.17, 15) is 0 Å². The molecule has 0 saturated heterocycles. The van der Waals surface area contributed by atoms with Crippen LogP contribution in [0.2, 0.25) is 0 Å². The van der Waals surface area contributed by atoms with E-state index >= 15 is 0 Å². The molecule has 0 saturated carbocycles. The number of ether oxygens (including phenoxy) is 3. The third-order valence-electron chi connectivity index (χ3n) is 6.66. The van der Waals surface area contributed by atoms with Crippen LogP contribution in [-0.2, 0) is 22.7 Å². The Kier molecular flexibility index (Phi) is 6.95. The summed E-state index contributed by atoms with van der Waals surface area (Å²) in [6.45, 7) is 2.00. The molecule has 0 aliphatic heterocycles. The normalized spacial score (nSPS) is 11.4. The van der Waals surface area contributed by atoms with Gasteiger partial charge >= 0.3 is 0 Å². The van der Waals surface area contributed by atoms with E-state index in [1.54, 1.807) is 7.11 Å². The number of hydrogen-bond donors (Lipinski definition) is 3. The summed E-state index contributed by atoms with van der Waals surface area (Å²) in [6.07, 6.45) is 1.81. The summed E-state index contributed by atoms with van der Waals surface area (Å²) in [7, 11) is 1.67. The zero-order valence-electron chi connectivity index (χ0n) is 21.6. The van der Waals surface area contributed by atoms with Gasteiger partial charge in [0.2, 0.25) is 0 Å². The van der Waals surface area contributed by atoms with Gasteiger partial charge in [0.15, 0.2) is 5.82 Å². The number of nitrogen functional groups attached to an aromatic ring is 1. The number of fused-ring (bicyclic) bond motifs is 2. The Morgan fingerprint density at radius 2 is 1.72 bits per heavy atom. The summed E-state index contributed by atoms with van der Waals surface area (Å²) in [5.41, 5.74) is 13.9. The number of H-pyrrole nitrogens is 2. The van der Waals surface area contributed by atoms with E-state index in [2.05, 4.69) is 56.6 Å². The van der Waals surface area contributed by atoms with Crippen LogP contribution in [0.3, 0.4) is 0 Å². The highest BCUT2D eigenvalue weighted by Gasteiger charge is 2.13. The van der Waals surface area contributed by atoms with Gasteiger partial charge in [-0.25, -0.2) is 4.98 Å². The molecule has 3 aromatic heterocycles. The molecule has 8 nitrogen and oxygen atoms in total. The summed E-state index contributed by atoms with van der Waals surface area (Å²) in [4.78, 5) is 8.11. The van der Waals surface area contributed by atoms with E-state index < -0.39 is 0 Å². The summed E-state index contributed by atoms with van der Waals surface area (Å²) in [6, 6.07) is 26.6. The Labute approximate surface area is 225 Å². The molecule has 0 atom stereocenters. The summed E-state index contributed by atoms with van der Waals surface area (Å²) >= 11 is 0. The zero-order chi connectivity index (χ0) is 26.6. The first-order chi connectivity index (χ1) is 19.2. The Balaban J connectivity index is 1.36. The third kappa shape index (κ3) is 5.34. The number of rotatable bonds is 10. The number of methoxy groups -OCH3 is 1. The van der Waals surface area contributed by atoms with E-state index in [1.807, 2.05) is 48.7 Å². The molecule has 6 rings (SSSR count). The van der Waals surface area contributed by atoms with Crippen LogP contribution in [0.1, 0.15) is 11.1 Å². The number of aromatic amines is 2. The van der Waals surface area contributed by atoms with Crippen LogP contribution in [0.25, 0.3) is 44.3 Å². The molecule has 3 aromatic carbocycles. The van der Waals surface area contributed by atoms with Crippen molar-refractivity contribution in [2.24, 2.45) is 0 Å². The Morgan fingerprint density at radius 3 is 2.59 bits per heavy atom. The molecule has 0 aliphatic rings. The van der Waals surface area contributed by atoms with Crippen LogP contribution < -0.4 is 10.5 Å². The van der Waals surface area contributed by atoms with Gasteiger partial charge < -0.3 is 24.9 Å². The smallest absolute Gasteiger partial charge is 0.153 e. The number of nitrogens with zero attached hydrogens (tertiary/aromatic N) is 2. The van der Waals surface area contributed by atoms with E-state index in [4.69, 9.17) is 19.9 Å². The maximum atomic E-state index is 6.20. The van der Waals surface area contributed by atoms with E-state index in [0.717, 1.165) is 61.2 Å². The van der Waals surface area contributed by atoms with Gasteiger partial charge in [-0.2, -0.15) is 5.10 Å². The van der Waals surface area contributed by atoms with Crippen molar-refractivity contribution in [1.29, 1.82) is 0 Å². The van der Waals surface area contributed by atoms with Crippen LogP contribution in [0.15, 0.2) is 85.1 Å². The van der Waals surface area contributed by atoms with Crippen molar-refractivity contribution >= 4 is 27.8 Å². The minimum atomic E-state index is 0.453. The Morgan fingerprint density at radius 1 is 0.821 bits per heavy atom. The predicted octanol–water partition coefficient (Wildman–Crippen LogP) is 6.10. The summed E-state index contributed by atoms with van der Waals surface area (Å²) < 4.78 is 17.1. The molecule has 6 aromatic rings. The summed E-state index contributed by atoms with van der Waals surface area (Å²) in [5.74, 6) is 1.26. The van der Waals surface area contributed by atoms with Gasteiger partial charge in [-0.3, -0.25) is 5.10 Å². The van der Waals surface area contributed by atoms with Crippen LogP contribution in [0, 0.1) is 0 Å². The van der Waals surface area contributed by atoms with Gasteiger partial charge in [0.1, 0.15) is 18.0 Å². The SMILES string of the molecule is COCCOCc1cc(OCc2ccccc2)cc(-c2cc3c(-c4ccc5[nH]nc(N)c5c4)ccnc3[nH]2)c1. The van der Waals surface area contributed by atoms with E-state index in [0.29, 0.717) is 32.2 Å². The number of anilines is 1. The Bertz CT molecular complexity index is 1730. The zero-order valence-corrected chi connectivity index (χ0v) is 21.6. The standard InChI is InChI=1S/C31H29N5O3/c1-37-11-12-38-18-21-13-23(15-24(14-21)39-19-20-5-3-2-4-6-20)29-17-26-25(9-10-33-31(26)34-29)22-7-8-28-27(16-22)30(32)36-35-28/h2-10,13-17H,11-12,18-19H2,1H3,(H,33,34)(H3,32,35,36). The van der Waals surface area contributed by atoms with Gasteiger partial charge in [0.05, 0.1) is 25.3 Å². The van der Waals surface area contributed by atoms with Crippen molar-refractivity contribution in [2.45, 2.75) is 13.2 Å². The van der Waals surface area contributed by atoms with Crippen LogP contribution >= 0.6 is 0 Å². The molecular formula is C31H29N5O3. The lowest BCUT2D eigenvalue weighted by atomic mass is 10.0. The molecule has 3 heterocycles. The molecule has 0 bridgehead atoms. The lowest BCUT2D eigenvalue weighted by Gasteiger charge is -2.12. The molecule has 196 valence electrons. The second-order valence-corrected chi connectivity index (χ2v) is 9.36. The van der Waals surface area contributed by atoms with Crippen molar-refractivity contribution < 1.29 is 14.2 Å². The third-order valence-corrected chi connectivity index (χ3v) is 6.66. The fourth-order valence-electron chi connectivity index (χ4n) is 4.69. The van der Waals surface area contributed by atoms with Gasteiger partial charge in [-0.05, 0) is 64.7 Å². The second-order valence-electron chi connectivity index (χ2n) is 9.36. The number of pyridine rings is 1. The lowest BCUT2D eigenvalue weighted by molar-refractivity contribution is 0.0616. The minimum Gasteiger partial charge on any atom is -0.489 e. The summed E-state index contributed by atoms with van der Waals surface area (Å²) in [5, 5.41) is 9.00. The highest BCUT2D eigenvalue weighted by Crippen LogP contribution is 2.35. The van der Waals surface area contributed by atoms with Crippen molar-refractivity contribution in [3.63, 3.8) is 0 Å². The van der Waals surface area contributed by atoms with Gasteiger partial charge in [0.25, 0.3) is 0 Å². The largest absolute Gasteiger partial charge is 0.489 e. The van der Waals surface area contributed by atoms with E-state index in [1.165, 1.54) is 0 Å². The monoisotopic (exact) mass is 519 g/mol. The molecule has 39 heavy (non-hydrogen) atoms. The molecule has 0 radical (unpaired) electrons. The number of nitrogens with one attached hydrogen (secondary N) is 2. The van der Waals surface area contributed by atoms with Gasteiger partial charge in [-0.1, -0.05) is 36.4 Å². The quantitative estimate of drug-likeness (QED) is 0.189. The average Bonchev–Trinajstić information content (AvgIpc) is 3.58. The van der Waals surface area contributed by atoms with Gasteiger partial charge in [0, 0.05) is 35.3 Å². The molecular weight excluding hydrogens is 490 g/mol. The van der Waals surface area contributed by atoms with Crippen LogP contribution in [-0.4, -0.2) is 40.5 Å². The molecule has 0 unspecified atom stereocenters. The molecule has 0 amide bonds. The topological polar surface area (TPSA) is 111 Å². The van der Waals surface area contributed by atoms with Crippen molar-refractivity contribution in [2.75, 3.05) is 26.1 Å². The van der Waals surface area contributed by atoms with E-state index in [-0.39, 0.29) is 0 Å². The number of hydrogen-bond acceptors (Lipinski definition) is 6. The maximum absolute atomic E-state index is 6.20.